The average molecular weight is 429 g/mol. The first-order chi connectivity index (χ1) is 14.0. The predicted molar refractivity (Wildman–Crippen MR) is 109 cm³/mol. The second-order valence-corrected chi connectivity index (χ2v) is 8.90. The Hall–Kier alpha value is -2.07. The molecule has 3 N–H and O–H groups in total. The smallest absolute Gasteiger partial charge is 0.410 e. The molecule has 0 aromatic heterocycles. The molecule has 2 aliphatic heterocycles. The molecule has 2 atom stereocenters. The Morgan fingerprint density at radius 3 is 2.27 bits per heavy atom. The van der Waals surface area contributed by atoms with E-state index in [-0.39, 0.29) is 25.0 Å². The van der Waals surface area contributed by atoms with Crippen molar-refractivity contribution >= 4 is 18.0 Å². The molecular weight excluding hydrogens is 392 g/mol. The number of hydrogen-bond donors (Lipinski definition) is 2. The number of rotatable bonds is 5. The number of nitrogens with zero attached hydrogens (tertiary/aromatic N) is 3. The number of piperidine rings is 1. The fraction of sp³-hybridized carbons (Fsp3) is 0.850. The average Bonchev–Trinajstić information content (AvgIpc) is 2.66. The summed E-state index contributed by atoms with van der Waals surface area (Å²) >= 11 is 0. The van der Waals surface area contributed by atoms with Crippen LogP contribution < -0.4 is 5.73 Å². The molecule has 30 heavy (non-hydrogen) atoms. The molecule has 10 heteroatoms. The Morgan fingerprint density at radius 2 is 1.73 bits per heavy atom. The molecule has 0 spiro atoms. The first-order valence-corrected chi connectivity index (χ1v) is 10.6. The van der Waals surface area contributed by atoms with Gasteiger partial charge in [0.25, 0.3) is 0 Å². The van der Waals surface area contributed by atoms with Gasteiger partial charge in [-0.25, -0.2) is 9.59 Å². The molecule has 2 heterocycles. The van der Waals surface area contributed by atoms with Crippen molar-refractivity contribution in [1.29, 1.82) is 0 Å². The quantitative estimate of drug-likeness (QED) is 0.629. The van der Waals surface area contributed by atoms with E-state index in [9.17, 15) is 19.5 Å². The lowest BCUT2D eigenvalue weighted by Crippen LogP contribution is -2.61. The van der Waals surface area contributed by atoms with Crippen molar-refractivity contribution in [3.8, 4) is 0 Å². The number of carbonyl (C=O) groups excluding carboxylic acids is 3. The molecule has 0 bridgehead atoms. The molecule has 0 aromatic carbocycles. The van der Waals surface area contributed by atoms with Crippen LogP contribution in [-0.4, -0.2) is 95.1 Å². The number of ether oxygens (including phenoxy) is 2. The van der Waals surface area contributed by atoms with Crippen LogP contribution >= 0.6 is 0 Å². The first-order valence-electron chi connectivity index (χ1n) is 10.6. The monoisotopic (exact) mass is 428 g/mol. The highest BCUT2D eigenvalue weighted by Crippen LogP contribution is 2.24. The molecular formula is C20H36N4O6. The second-order valence-electron chi connectivity index (χ2n) is 8.90. The molecule has 0 saturated carbocycles. The minimum Gasteiger partial charge on any atom is -0.444 e. The first kappa shape index (κ1) is 24.2. The van der Waals surface area contributed by atoms with Crippen LogP contribution in [0, 0.1) is 5.92 Å². The number of primary amides is 1. The molecule has 2 fully saturated rings. The Morgan fingerprint density at radius 1 is 1.10 bits per heavy atom. The maximum atomic E-state index is 13.0. The summed E-state index contributed by atoms with van der Waals surface area (Å²) in [6, 6.07) is -1.10. The van der Waals surface area contributed by atoms with E-state index in [1.807, 2.05) is 0 Å². The highest BCUT2D eigenvalue weighted by molar-refractivity contribution is 5.78. The van der Waals surface area contributed by atoms with Gasteiger partial charge in [-0.3, -0.25) is 4.79 Å². The zero-order chi connectivity index (χ0) is 22.5. The summed E-state index contributed by atoms with van der Waals surface area (Å²) in [5, 5.41) is 10.5. The van der Waals surface area contributed by atoms with Crippen LogP contribution in [0.25, 0.3) is 0 Å². The number of likely N-dealkylation sites (tertiary alicyclic amines) is 1. The summed E-state index contributed by atoms with van der Waals surface area (Å²) in [6.45, 7) is 9.29. The van der Waals surface area contributed by atoms with Crippen molar-refractivity contribution in [3.63, 3.8) is 0 Å². The van der Waals surface area contributed by atoms with E-state index in [1.54, 1.807) is 37.5 Å². The SMILES string of the molecule is CCOC(O)[C@H]1CN(C(=O)OC(C)(C)C)CCN1C(=O)CC1CCN(C(N)=O)CC1. The van der Waals surface area contributed by atoms with Gasteiger partial charge in [0.05, 0.1) is 0 Å². The van der Waals surface area contributed by atoms with Crippen LogP contribution in [0.2, 0.25) is 0 Å². The van der Waals surface area contributed by atoms with Gasteiger partial charge in [-0.2, -0.15) is 0 Å². The van der Waals surface area contributed by atoms with Crippen molar-refractivity contribution in [2.24, 2.45) is 11.7 Å². The summed E-state index contributed by atoms with van der Waals surface area (Å²) in [6.07, 6.45) is 0.0909. The number of urea groups is 1. The van der Waals surface area contributed by atoms with Crippen LogP contribution in [0.15, 0.2) is 0 Å². The second kappa shape index (κ2) is 10.3. The molecule has 2 aliphatic rings. The number of nitrogens with two attached hydrogens (primary N) is 1. The molecule has 10 nitrogen and oxygen atoms in total. The third-order valence-electron chi connectivity index (χ3n) is 5.45. The van der Waals surface area contributed by atoms with E-state index < -0.39 is 30.1 Å². The van der Waals surface area contributed by atoms with E-state index in [2.05, 4.69) is 0 Å². The normalized spacial score (nSPS) is 22.0. The molecule has 2 saturated heterocycles. The van der Waals surface area contributed by atoms with Crippen LogP contribution in [0.5, 0.6) is 0 Å². The van der Waals surface area contributed by atoms with Crippen molar-refractivity contribution in [2.75, 3.05) is 39.3 Å². The molecule has 172 valence electrons. The van der Waals surface area contributed by atoms with Crippen LogP contribution in [0.4, 0.5) is 9.59 Å². The number of carbonyl (C=O) groups is 3. The maximum Gasteiger partial charge on any atom is 0.410 e. The Bertz CT molecular complexity index is 615. The summed E-state index contributed by atoms with van der Waals surface area (Å²) in [5.74, 6) is 0.0713. The molecule has 4 amide bonds. The van der Waals surface area contributed by atoms with Crippen molar-refractivity contribution in [3.05, 3.63) is 0 Å². The zero-order valence-electron chi connectivity index (χ0n) is 18.5. The standard InChI is InChI=1S/C20H36N4O6/c1-5-29-17(26)15-13-23(19(28)30-20(2,3)4)10-11-24(15)16(25)12-14-6-8-22(9-7-14)18(21)27/h14-15,17,26H,5-13H2,1-4H3,(H2,21,27)/t15-,17?/m1/s1. The number of hydrogen-bond acceptors (Lipinski definition) is 6. The fourth-order valence-electron chi connectivity index (χ4n) is 3.86. The Labute approximate surface area is 178 Å². The summed E-state index contributed by atoms with van der Waals surface area (Å²) in [5.41, 5.74) is 4.69. The molecule has 0 radical (unpaired) electrons. The minimum absolute atomic E-state index is 0.0832. The number of amides is 4. The van der Waals surface area contributed by atoms with Crippen molar-refractivity contribution in [2.45, 2.75) is 64.9 Å². The van der Waals surface area contributed by atoms with Gasteiger partial charge in [-0.15, -0.1) is 0 Å². The van der Waals surface area contributed by atoms with Crippen LogP contribution in [0.1, 0.15) is 47.0 Å². The highest BCUT2D eigenvalue weighted by atomic mass is 16.6. The number of piperazine rings is 1. The third kappa shape index (κ3) is 6.73. The van der Waals surface area contributed by atoms with Gasteiger partial charge in [0.15, 0.2) is 6.29 Å². The lowest BCUT2D eigenvalue weighted by Gasteiger charge is -2.43. The predicted octanol–water partition coefficient (Wildman–Crippen LogP) is 0.970. The third-order valence-corrected chi connectivity index (χ3v) is 5.45. The molecule has 0 aromatic rings. The van der Waals surface area contributed by atoms with Crippen LogP contribution in [-0.2, 0) is 14.3 Å². The summed E-state index contributed by atoms with van der Waals surface area (Å²) in [7, 11) is 0. The summed E-state index contributed by atoms with van der Waals surface area (Å²) < 4.78 is 10.8. The van der Waals surface area contributed by atoms with Gasteiger partial charge in [-0.05, 0) is 46.5 Å². The van der Waals surface area contributed by atoms with Gasteiger partial charge >= 0.3 is 12.1 Å². The van der Waals surface area contributed by atoms with Crippen LogP contribution in [0.3, 0.4) is 0 Å². The molecule has 1 unspecified atom stereocenters. The minimum atomic E-state index is -1.19. The van der Waals surface area contributed by atoms with Gasteiger partial charge in [-0.1, -0.05) is 0 Å². The van der Waals surface area contributed by atoms with Gasteiger partial charge in [0.1, 0.15) is 11.6 Å². The van der Waals surface area contributed by atoms with Crippen molar-refractivity contribution in [1.82, 2.24) is 14.7 Å². The van der Waals surface area contributed by atoms with E-state index in [1.165, 1.54) is 4.90 Å². The maximum absolute atomic E-state index is 13.0. The lowest BCUT2D eigenvalue weighted by atomic mass is 9.92. The largest absolute Gasteiger partial charge is 0.444 e. The van der Waals surface area contributed by atoms with E-state index in [0.717, 1.165) is 0 Å². The zero-order valence-corrected chi connectivity index (χ0v) is 18.5. The highest BCUT2D eigenvalue weighted by Gasteiger charge is 2.39. The van der Waals surface area contributed by atoms with Gasteiger partial charge < -0.3 is 35.0 Å². The number of aliphatic hydroxyl groups excluding tert-OH is 1. The van der Waals surface area contributed by atoms with Crippen molar-refractivity contribution < 1.29 is 29.0 Å². The van der Waals surface area contributed by atoms with Gasteiger partial charge in [0.2, 0.25) is 5.91 Å². The Balaban J connectivity index is 2.00. The molecule has 0 aliphatic carbocycles. The number of aliphatic hydroxyl groups is 1. The van der Waals surface area contributed by atoms with Gasteiger partial charge in [0, 0.05) is 45.8 Å². The Kier molecular flexibility index (Phi) is 8.31. The van der Waals surface area contributed by atoms with E-state index >= 15 is 0 Å². The summed E-state index contributed by atoms with van der Waals surface area (Å²) in [4.78, 5) is 41.5. The van der Waals surface area contributed by atoms with E-state index in [4.69, 9.17) is 15.2 Å². The molecule has 2 rings (SSSR count). The topological polar surface area (TPSA) is 126 Å². The lowest BCUT2D eigenvalue weighted by molar-refractivity contribution is -0.169. The van der Waals surface area contributed by atoms with E-state index in [0.29, 0.717) is 45.4 Å². The fourth-order valence-corrected chi connectivity index (χ4v) is 3.86.